The minimum Gasteiger partial charge on any atom is -0.352 e. The molecule has 1 heterocycles. The summed E-state index contributed by atoms with van der Waals surface area (Å²) in [7, 11) is 1.66. The summed E-state index contributed by atoms with van der Waals surface area (Å²) in [5, 5.41) is 5.68. The second-order valence-corrected chi connectivity index (χ2v) is 9.02. The molecular formula is C22H31F2N3O3. The normalized spacial score (nSPS) is 20.7. The van der Waals surface area contributed by atoms with Crippen molar-refractivity contribution in [3.63, 3.8) is 0 Å². The van der Waals surface area contributed by atoms with E-state index < -0.39 is 23.0 Å². The minimum atomic E-state index is -0.707. The molecule has 166 valence electrons. The highest BCUT2D eigenvalue weighted by Crippen LogP contribution is 2.20. The molecule has 1 aromatic carbocycles. The Kier molecular flexibility index (Phi) is 7.92. The maximum absolute atomic E-state index is 13.3. The van der Waals surface area contributed by atoms with Crippen LogP contribution in [0.2, 0.25) is 0 Å². The van der Waals surface area contributed by atoms with Crippen LogP contribution in [0.25, 0.3) is 0 Å². The van der Waals surface area contributed by atoms with Crippen molar-refractivity contribution in [1.82, 2.24) is 15.5 Å². The van der Waals surface area contributed by atoms with Crippen LogP contribution in [0.1, 0.15) is 52.0 Å². The van der Waals surface area contributed by atoms with Crippen LogP contribution < -0.4 is 10.6 Å². The number of hydrogen-bond acceptors (Lipinski definition) is 3. The molecule has 2 atom stereocenters. The van der Waals surface area contributed by atoms with E-state index in [1.165, 1.54) is 0 Å². The van der Waals surface area contributed by atoms with Gasteiger partial charge in [0.25, 0.3) is 0 Å². The highest BCUT2D eigenvalue weighted by Gasteiger charge is 2.29. The molecule has 1 fully saturated rings. The third-order valence-electron chi connectivity index (χ3n) is 5.22. The van der Waals surface area contributed by atoms with Crippen LogP contribution in [0.3, 0.4) is 0 Å². The molecule has 0 saturated carbocycles. The van der Waals surface area contributed by atoms with E-state index in [4.69, 9.17) is 0 Å². The van der Waals surface area contributed by atoms with Gasteiger partial charge in [-0.15, -0.1) is 0 Å². The number of carbonyl (C=O) groups excluding carboxylic acids is 3. The molecule has 1 aromatic rings. The van der Waals surface area contributed by atoms with Crippen LogP contribution in [0.4, 0.5) is 8.78 Å². The highest BCUT2D eigenvalue weighted by molar-refractivity contribution is 5.86. The maximum atomic E-state index is 13.3. The van der Waals surface area contributed by atoms with Crippen molar-refractivity contribution in [2.45, 2.75) is 59.0 Å². The predicted molar refractivity (Wildman–Crippen MR) is 109 cm³/mol. The summed E-state index contributed by atoms with van der Waals surface area (Å²) in [6.45, 7) is 5.86. The SMILES string of the molecule is CN1CC(NC(=O)C(C)(C)C)CCCC(C(=O)NCc2cc(F)cc(F)c2)CC1=O. The molecule has 2 unspecified atom stereocenters. The average molecular weight is 424 g/mol. The van der Waals surface area contributed by atoms with Gasteiger partial charge in [-0.05, 0) is 30.5 Å². The first-order chi connectivity index (χ1) is 14.0. The van der Waals surface area contributed by atoms with Crippen LogP contribution in [0, 0.1) is 23.0 Å². The van der Waals surface area contributed by atoms with E-state index in [2.05, 4.69) is 10.6 Å². The summed E-state index contributed by atoms with van der Waals surface area (Å²) < 4.78 is 26.6. The van der Waals surface area contributed by atoms with Gasteiger partial charge in [0.05, 0.1) is 0 Å². The van der Waals surface area contributed by atoms with E-state index in [1.807, 2.05) is 20.8 Å². The quantitative estimate of drug-likeness (QED) is 0.782. The molecule has 1 saturated heterocycles. The number of rotatable bonds is 4. The standard InChI is InChI=1S/C22H31F2N3O3/c1-22(2,3)21(30)26-18-7-5-6-15(10-19(28)27(4)13-18)20(29)25-12-14-8-16(23)11-17(24)9-14/h8-9,11,15,18H,5-7,10,12-13H2,1-4H3,(H,25,29)(H,26,30). The first-order valence-electron chi connectivity index (χ1n) is 10.2. The molecule has 2 rings (SSSR count). The van der Waals surface area contributed by atoms with E-state index >= 15 is 0 Å². The Labute approximate surface area is 176 Å². The van der Waals surface area contributed by atoms with Gasteiger partial charge in [-0.1, -0.05) is 27.2 Å². The van der Waals surface area contributed by atoms with Gasteiger partial charge in [-0.25, -0.2) is 8.78 Å². The van der Waals surface area contributed by atoms with E-state index in [9.17, 15) is 23.2 Å². The highest BCUT2D eigenvalue weighted by atomic mass is 19.1. The zero-order valence-electron chi connectivity index (χ0n) is 18.1. The smallest absolute Gasteiger partial charge is 0.225 e. The van der Waals surface area contributed by atoms with Crippen molar-refractivity contribution in [3.05, 3.63) is 35.4 Å². The Bertz CT molecular complexity index is 772. The Morgan fingerprint density at radius 3 is 2.37 bits per heavy atom. The molecule has 0 aromatic heterocycles. The number of hydrogen-bond donors (Lipinski definition) is 2. The van der Waals surface area contributed by atoms with E-state index in [1.54, 1.807) is 11.9 Å². The zero-order valence-corrected chi connectivity index (χ0v) is 18.1. The van der Waals surface area contributed by atoms with Crippen molar-refractivity contribution in [1.29, 1.82) is 0 Å². The molecular weight excluding hydrogens is 392 g/mol. The van der Waals surface area contributed by atoms with Crippen LogP contribution in [-0.4, -0.2) is 42.3 Å². The van der Waals surface area contributed by atoms with Gasteiger partial charge in [0.2, 0.25) is 17.7 Å². The number of nitrogens with zero attached hydrogens (tertiary/aromatic N) is 1. The van der Waals surface area contributed by atoms with E-state index in [0.717, 1.165) is 18.2 Å². The second-order valence-electron chi connectivity index (χ2n) is 9.02. The molecule has 6 nitrogen and oxygen atoms in total. The summed E-state index contributed by atoms with van der Waals surface area (Å²) in [5.74, 6) is -2.52. The van der Waals surface area contributed by atoms with Gasteiger partial charge in [0.15, 0.2) is 0 Å². The zero-order chi connectivity index (χ0) is 22.5. The summed E-state index contributed by atoms with van der Waals surface area (Å²) >= 11 is 0. The molecule has 8 heteroatoms. The molecule has 3 amide bonds. The number of nitrogens with one attached hydrogen (secondary N) is 2. The molecule has 0 radical (unpaired) electrons. The third-order valence-corrected chi connectivity index (χ3v) is 5.22. The fourth-order valence-electron chi connectivity index (χ4n) is 3.39. The van der Waals surface area contributed by atoms with Gasteiger partial charge < -0.3 is 15.5 Å². The number of carbonyl (C=O) groups is 3. The Balaban J connectivity index is 1.99. The van der Waals surface area contributed by atoms with Crippen molar-refractivity contribution in [2.75, 3.05) is 13.6 Å². The summed E-state index contributed by atoms with van der Waals surface area (Å²) in [6, 6.07) is 2.91. The fraction of sp³-hybridized carbons (Fsp3) is 0.591. The minimum absolute atomic E-state index is 0.0156. The lowest BCUT2D eigenvalue weighted by atomic mass is 9.94. The molecule has 30 heavy (non-hydrogen) atoms. The van der Waals surface area contributed by atoms with Crippen LogP contribution in [0.5, 0.6) is 0 Å². The van der Waals surface area contributed by atoms with Gasteiger partial charge in [0, 0.05) is 50.0 Å². The first kappa shape index (κ1) is 23.8. The molecule has 0 bridgehead atoms. The van der Waals surface area contributed by atoms with Crippen molar-refractivity contribution in [3.8, 4) is 0 Å². The maximum Gasteiger partial charge on any atom is 0.225 e. The lowest BCUT2D eigenvalue weighted by molar-refractivity contribution is -0.136. The van der Waals surface area contributed by atoms with Crippen LogP contribution in [0.15, 0.2) is 18.2 Å². The van der Waals surface area contributed by atoms with Crippen molar-refractivity contribution in [2.24, 2.45) is 11.3 Å². The molecule has 2 N–H and O–H groups in total. The first-order valence-corrected chi connectivity index (χ1v) is 10.2. The average Bonchev–Trinajstić information content (AvgIpc) is 2.69. The molecule has 1 aliphatic heterocycles. The number of amides is 3. The number of likely N-dealkylation sites (N-methyl/N-ethyl adjacent to an activating group) is 1. The summed E-state index contributed by atoms with van der Waals surface area (Å²) in [4.78, 5) is 39.0. The molecule has 0 spiro atoms. The largest absolute Gasteiger partial charge is 0.352 e. The summed E-state index contributed by atoms with van der Waals surface area (Å²) in [5.41, 5.74) is -0.211. The predicted octanol–water partition coefficient (Wildman–Crippen LogP) is 2.76. The van der Waals surface area contributed by atoms with Crippen molar-refractivity contribution < 1.29 is 23.2 Å². The monoisotopic (exact) mass is 423 g/mol. The van der Waals surface area contributed by atoms with Gasteiger partial charge in [-0.3, -0.25) is 14.4 Å². The topological polar surface area (TPSA) is 78.5 Å². The molecule has 0 aliphatic carbocycles. The lowest BCUT2D eigenvalue weighted by Crippen LogP contribution is -2.47. The van der Waals surface area contributed by atoms with Crippen molar-refractivity contribution >= 4 is 17.7 Å². The van der Waals surface area contributed by atoms with Crippen LogP contribution >= 0.6 is 0 Å². The van der Waals surface area contributed by atoms with E-state index in [0.29, 0.717) is 31.4 Å². The fourth-order valence-corrected chi connectivity index (χ4v) is 3.39. The Morgan fingerprint density at radius 1 is 1.13 bits per heavy atom. The third kappa shape index (κ3) is 7.07. The van der Waals surface area contributed by atoms with Gasteiger partial charge in [0.1, 0.15) is 11.6 Å². The van der Waals surface area contributed by atoms with E-state index in [-0.39, 0.29) is 36.7 Å². The Hall–Kier alpha value is -2.51. The van der Waals surface area contributed by atoms with Crippen LogP contribution in [-0.2, 0) is 20.9 Å². The second kappa shape index (κ2) is 10.00. The van der Waals surface area contributed by atoms with Gasteiger partial charge in [-0.2, -0.15) is 0 Å². The number of halogens is 2. The molecule has 1 aliphatic rings. The Morgan fingerprint density at radius 2 is 1.77 bits per heavy atom. The number of benzene rings is 1. The lowest BCUT2D eigenvalue weighted by Gasteiger charge is -2.27. The summed E-state index contributed by atoms with van der Waals surface area (Å²) in [6.07, 6.45) is 1.87. The van der Waals surface area contributed by atoms with Gasteiger partial charge >= 0.3 is 0 Å².